The van der Waals surface area contributed by atoms with E-state index in [1.807, 2.05) is 0 Å². The van der Waals surface area contributed by atoms with E-state index in [0.29, 0.717) is 0 Å². The van der Waals surface area contributed by atoms with Gasteiger partial charge in [0, 0.05) is 10.6 Å². The molecule has 0 atom stereocenters. The van der Waals surface area contributed by atoms with E-state index in [1.54, 1.807) is 0 Å². The van der Waals surface area contributed by atoms with Crippen LogP contribution in [0.2, 0.25) is 5.02 Å². The van der Waals surface area contributed by atoms with Gasteiger partial charge in [-0.2, -0.15) is 26.3 Å². The van der Waals surface area contributed by atoms with Gasteiger partial charge >= 0.3 is 23.9 Å². The quantitative estimate of drug-likeness (QED) is 0.681. The number of esters is 1. The third-order valence-electron chi connectivity index (χ3n) is 2.43. The molecule has 118 valence electrons. The topological polar surface area (TPSA) is 46.5 Å². The van der Waals surface area contributed by atoms with Crippen LogP contribution in [0.15, 0.2) is 24.3 Å². The summed E-state index contributed by atoms with van der Waals surface area (Å²) in [5.41, 5.74) is -5.61. The van der Waals surface area contributed by atoms with Gasteiger partial charge in [-0.1, -0.05) is 29.8 Å². The summed E-state index contributed by atoms with van der Waals surface area (Å²) in [7, 11) is 0. The van der Waals surface area contributed by atoms with Crippen molar-refractivity contribution in [1.82, 2.24) is 0 Å². The zero-order valence-electron chi connectivity index (χ0n) is 9.93. The van der Waals surface area contributed by atoms with Crippen molar-refractivity contribution in [3.8, 4) is 0 Å². The maximum Gasteiger partial charge on any atom is 0.437 e. The molecule has 0 unspecified atom stereocenters. The van der Waals surface area contributed by atoms with E-state index in [9.17, 15) is 31.1 Å². The minimum atomic E-state index is -6.27. The highest BCUT2D eigenvalue weighted by Crippen LogP contribution is 2.44. The Morgan fingerprint density at radius 2 is 1.57 bits per heavy atom. The summed E-state index contributed by atoms with van der Waals surface area (Å²) in [5.74, 6) is -2.87. The van der Waals surface area contributed by atoms with Crippen molar-refractivity contribution in [2.24, 2.45) is 0 Å². The SMILES string of the molecule is O=C(OCc1ccccc1Cl)C(O)(C(F)(F)F)C(F)(F)F. The molecule has 1 aromatic rings. The molecule has 0 heterocycles. The van der Waals surface area contributed by atoms with Gasteiger partial charge in [0.15, 0.2) is 0 Å². The Bertz CT molecular complexity index is 511. The number of alkyl halides is 6. The molecule has 1 aromatic carbocycles. The molecule has 10 heteroatoms. The van der Waals surface area contributed by atoms with E-state index in [4.69, 9.17) is 16.7 Å². The number of halogens is 7. The van der Waals surface area contributed by atoms with Crippen LogP contribution in [0.25, 0.3) is 0 Å². The molecule has 0 radical (unpaired) electrons. The zero-order chi connectivity index (χ0) is 16.5. The van der Waals surface area contributed by atoms with Gasteiger partial charge in [-0.05, 0) is 6.07 Å². The van der Waals surface area contributed by atoms with E-state index in [2.05, 4.69) is 4.74 Å². The predicted octanol–water partition coefficient (Wildman–Crippen LogP) is 3.24. The van der Waals surface area contributed by atoms with Crippen LogP contribution in [0.3, 0.4) is 0 Å². The summed E-state index contributed by atoms with van der Waals surface area (Å²) >= 11 is 5.60. The standard InChI is InChI=1S/C11H7ClF6O3/c12-7-4-2-1-3-6(7)5-21-8(19)9(20,10(13,14)15)11(16,17)18/h1-4,20H,5H2. The van der Waals surface area contributed by atoms with Gasteiger partial charge in [-0.25, -0.2) is 4.79 Å². The molecule has 0 aliphatic heterocycles. The highest BCUT2D eigenvalue weighted by Gasteiger charge is 2.76. The lowest BCUT2D eigenvalue weighted by Crippen LogP contribution is -2.62. The average Bonchev–Trinajstić information content (AvgIpc) is 2.33. The molecule has 21 heavy (non-hydrogen) atoms. The van der Waals surface area contributed by atoms with Crippen LogP contribution < -0.4 is 0 Å². The molecule has 0 amide bonds. The first-order valence-electron chi connectivity index (χ1n) is 5.17. The van der Waals surface area contributed by atoms with Crippen LogP contribution in [0.5, 0.6) is 0 Å². The first-order valence-corrected chi connectivity index (χ1v) is 5.55. The summed E-state index contributed by atoms with van der Waals surface area (Å²) in [4.78, 5) is 11.1. The van der Waals surface area contributed by atoms with Crippen LogP contribution in [-0.4, -0.2) is 29.0 Å². The largest absolute Gasteiger partial charge is 0.458 e. The van der Waals surface area contributed by atoms with Crippen LogP contribution in [0.4, 0.5) is 26.3 Å². The molecule has 1 N–H and O–H groups in total. The Morgan fingerprint density at radius 1 is 1.10 bits per heavy atom. The molecule has 0 aliphatic carbocycles. The zero-order valence-corrected chi connectivity index (χ0v) is 10.7. The molecule has 0 bridgehead atoms. The number of aliphatic hydroxyl groups is 1. The predicted molar refractivity (Wildman–Crippen MR) is 58.3 cm³/mol. The molecule has 0 fully saturated rings. The number of benzene rings is 1. The van der Waals surface area contributed by atoms with Crippen molar-refractivity contribution in [3.05, 3.63) is 34.9 Å². The van der Waals surface area contributed by atoms with Gasteiger partial charge in [0.25, 0.3) is 0 Å². The Balaban J connectivity index is 2.97. The minimum Gasteiger partial charge on any atom is -0.458 e. The second-order valence-electron chi connectivity index (χ2n) is 3.87. The first-order chi connectivity index (χ1) is 9.41. The number of hydrogen-bond acceptors (Lipinski definition) is 3. The molecule has 0 aromatic heterocycles. The number of ether oxygens (including phenoxy) is 1. The molecule has 0 saturated heterocycles. The highest BCUT2D eigenvalue weighted by atomic mass is 35.5. The lowest BCUT2D eigenvalue weighted by Gasteiger charge is -2.29. The van der Waals surface area contributed by atoms with Crippen molar-refractivity contribution < 1.29 is 41.0 Å². The van der Waals surface area contributed by atoms with Crippen LogP contribution >= 0.6 is 11.6 Å². The number of hydrogen-bond donors (Lipinski definition) is 1. The van der Waals surface area contributed by atoms with E-state index in [0.717, 1.165) is 0 Å². The molecular weight excluding hydrogens is 330 g/mol. The summed E-state index contributed by atoms with van der Waals surface area (Å²) < 4.78 is 78.1. The lowest BCUT2D eigenvalue weighted by molar-refractivity contribution is -0.357. The average molecular weight is 337 g/mol. The third-order valence-corrected chi connectivity index (χ3v) is 2.80. The van der Waals surface area contributed by atoms with Crippen LogP contribution in [-0.2, 0) is 16.1 Å². The first kappa shape index (κ1) is 17.6. The number of carbonyl (C=O) groups is 1. The van der Waals surface area contributed by atoms with Crippen molar-refractivity contribution in [3.63, 3.8) is 0 Å². The Labute approximate surface area is 119 Å². The molecule has 1 rings (SSSR count). The fourth-order valence-corrected chi connectivity index (χ4v) is 1.45. The Kier molecular flexibility index (Phi) is 4.79. The summed E-state index contributed by atoms with van der Waals surface area (Å²) in [6, 6.07) is 5.37. The van der Waals surface area contributed by atoms with Gasteiger partial charge < -0.3 is 9.84 Å². The minimum absolute atomic E-state index is 0.0146. The van der Waals surface area contributed by atoms with E-state index in [1.165, 1.54) is 24.3 Å². The Hall–Kier alpha value is -1.48. The van der Waals surface area contributed by atoms with Gasteiger partial charge in [0.2, 0.25) is 0 Å². The molecule has 0 spiro atoms. The van der Waals surface area contributed by atoms with Crippen LogP contribution in [0.1, 0.15) is 5.56 Å². The second-order valence-corrected chi connectivity index (χ2v) is 4.28. The molecular formula is C11H7ClF6O3. The van der Waals surface area contributed by atoms with Crippen molar-refractivity contribution in [2.45, 2.75) is 24.6 Å². The monoisotopic (exact) mass is 336 g/mol. The van der Waals surface area contributed by atoms with Crippen molar-refractivity contribution in [1.29, 1.82) is 0 Å². The normalized spacial score (nSPS) is 13.1. The fourth-order valence-electron chi connectivity index (χ4n) is 1.26. The number of carbonyl (C=O) groups excluding carboxylic acids is 1. The molecule has 0 saturated carbocycles. The van der Waals surface area contributed by atoms with Gasteiger partial charge in [0.1, 0.15) is 6.61 Å². The Morgan fingerprint density at radius 3 is 2.00 bits per heavy atom. The lowest BCUT2D eigenvalue weighted by atomic mass is 10.0. The smallest absolute Gasteiger partial charge is 0.437 e. The van der Waals surface area contributed by atoms with E-state index < -0.39 is 30.5 Å². The second kappa shape index (κ2) is 5.72. The summed E-state index contributed by atoms with van der Waals surface area (Å²) in [6.45, 7) is -0.951. The van der Waals surface area contributed by atoms with Gasteiger partial charge in [0.05, 0.1) is 0 Å². The van der Waals surface area contributed by atoms with Crippen molar-refractivity contribution >= 4 is 17.6 Å². The van der Waals surface area contributed by atoms with Gasteiger partial charge in [-0.3, -0.25) is 0 Å². The van der Waals surface area contributed by atoms with Crippen molar-refractivity contribution in [2.75, 3.05) is 0 Å². The van der Waals surface area contributed by atoms with E-state index in [-0.39, 0.29) is 10.6 Å². The third kappa shape index (κ3) is 3.41. The summed E-state index contributed by atoms with van der Waals surface area (Å²) in [5, 5.41) is 8.72. The van der Waals surface area contributed by atoms with Gasteiger partial charge in [-0.15, -0.1) is 0 Å². The molecule has 0 aliphatic rings. The highest BCUT2D eigenvalue weighted by molar-refractivity contribution is 6.31. The van der Waals surface area contributed by atoms with Crippen LogP contribution in [0, 0.1) is 0 Å². The van der Waals surface area contributed by atoms with E-state index >= 15 is 0 Å². The summed E-state index contributed by atoms with van der Waals surface area (Å²) in [6.07, 6.45) is -12.5. The number of rotatable bonds is 3. The molecule has 3 nitrogen and oxygen atoms in total. The maximum atomic E-state index is 12.4. The fraction of sp³-hybridized carbons (Fsp3) is 0.364. The maximum absolute atomic E-state index is 12.4.